The molecule has 6 heteroatoms. The van der Waals surface area contributed by atoms with Crippen molar-refractivity contribution in [1.29, 1.82) is 0 Å². The number of carbonyl (C=O) groups excluding carboxylic acids is 1. The molecule has 0 radical (unpaired) electrons. The van der Waals surface area contributed by atoms with Crippen LogP contribution in [0, 0.1) is 0 Å². The first-order valence-electron chi connectivity index (χ1n) is 7.98. The lowest BCUT2D eigenvalue weighted by molar-refractivity contribution is 0.0601. The summed E-state index contributed by atoms with van der Waals surface area (Å²) in [5.74, 6) is 0.286. The number of hydrogen-bond donors (Lipinski definition) is 0. The molecule has 0 aliphatic rings. The van der Waals surface area contributed by atoms with Gasteiger partial charge in [0.2, 0.25) is 0 Å². The van der Waals surface area contributed by atoms with E-state index >= 15 is 0 Å². The Labute approximate surface area is 146 Å². The third kappa shape index (κ3) is 3.42. The van der Waals surface area contributed by atoms with Gasteiger partial charge in [-0.3, -0.25) is 4.40 Å². The molecule has 2 heterocycles. The van der Waals surface area contributed by atoms with Crippen molar-refractivity contribution in [3.63, 3.8) is 0 Å². The van der Waals surface area contributed by atoms with Gasteiger partial charge < -0.3 is 4.74 Å². The summed E-state index contributed by atoms with van der Waals surface area (Å²) in [7, 11) is 1.35. The highest BCUT2D eigenvalue weighted by atomic mass is 16.5. The molecule has 128 valence electrons. The Kier molecular flexibility index (Phi) is 4.35. The molecular weight excluding hydrogens is 316 g/mol. The van der Waals surface area contributed by atoms with Crippen molar-refractivity contribution in [3.8, 4) is 0 Å². The third-order valence-electron chi connectivity index (χ3n) is 3.74. The summed E-state index contributed by atoms with van der Waals surface area (Å²) in [5.41, 5.74) is 2.53. The normalized spacial score (nSPS) is 12.0. The van der Waals surface area contributed by atoms with E-state index in [9.17, 15) is 4.79 Å². The number of rotatable bonds is 3. The number of methoxy groups -OCH3 is 1. The zero-order chi connectivity index (χ0) is 18.0. The second kappa shape index (κ2) is 6.47. The van der Waals surface area contributed by atoms with E-state index in [1.54, 1.807) is 24.3 Å². The van der Waals surface area contributed by atoms with E-state index in [0.29, 0.717) is 17.1 Å². The minimum atomic E-state index is -0.401. The minimum absolute atomic E-state index is 0.172. The number of pyridine rings is 1. The van der Waals surface area contributed by atoms with Crippen LogP contribution in [0.4, 0.5) is 11.5 Å². The number of carbonyl (C=O) groups is 1. The van der Waals surface area contributed by atoms with E-state index in [1.165, 1.54) is 7.11 Å². The van der Waals surface area contributed by atoms with Crippen LogP contribution in [0.1, 0.15) is 36.8 Å². The van der Waals surface area contributed by atoms with Gasteiger partial charge in [-0.05, 0) is 30.3 Å². The molecule has 6 nitrogen and oxygen atoms in total. The number of fused-ring (bicyclic) bond motifs is 1. The molecule has 0 fully saturated rings. The molecule has 0 aliphatic carbocycles. The summed E-state index contributed by atoms with van der Waals surface area (Å²) in [6.45, 7) is 6.27. The maximum atomic E-state index is 11.7. The van der Waals surface area contributed by atoms with Crippen molar-refractivity contribution >= 4 is 23.1 Å². The lowest BCUT2D eigenvalue weighted by Gasteiger charge is -2.15. The average Bonchev–Trinajstić information content (AvgIpc) is 2.98. The van der Waals surface area contributed by atoms with Gasteiger partial charge in [0.05, 0.1) is 24.1 Å². The maximum absolute atomic E-state index is 11.7. The van der Waals surface area contributed by atoms with E-state index in [-0.39, 0.29) is 5.41 Å². The van der Waals surface area contributed by atoms with Gasteiger partial charge in [-0.15, -0.1) is 10.2 Å². The van der Waals surface area contributed by atoms with Crippen LogP contribution in [0.25, 0.3) is 5.65 Å². The molecule has 0 aliphatic heterocycles. The largest absolute Gasteiger partial charge is 0.465 e. The maximum Gasteiger partial charge on any atom is 0.337 e. The molecule has 3 aromatic rings. The second-order valence-corrected chi connectivity index (χ2v) is 6.70. The fourth-order valence-electron chi connectivity index (χ4n) is 2.50. The highest BCUT2D eigenvalue weighted by molar-refractivity contribution is 5.90. The van der Waals surface area contributed by atoms with Crippen LogP contribution in [0.3, 0.4) is 0 Å². The Morgan fingerprint density at radius 1 is 1.12 bits per heavy atom. The van der Waals surface area contributed by atoms with Gasteiger partial charge in [-0.2, -0.15) is 0 Å². The van der Waals surface area contributed by atoms with Crippen molar-refractivity contribution in [2.45, 2.75) is 26.2 Å². The molecule has 0 unspecified atom stereocenters. The summed E-state index contributed by atoms with van der Waals surface area (Å²) in [6.07, 6.45) is 1.91. The van der Waals surface area contributed by atoms with Crippen LogP contribution in [-0.4, -0.2) is 22.5 Å². The Morgan fingerprint density at radius 3 is 2.64 bits per heavy atom. The summed E-state index contributed by atoms with van der Waals surface area (Å²) >= 11 is 0. The molecular formula is C19H20N4O2. The molecule has 0 N–H and O–H groups in total. The Hall–Kier alpha value is -3.02. The number of ether oxygens (including phenoxy) is 1. The molecule has 1 aromatic carbocycles. The van der Waals surface area contributed by atoms with Crippen LogP contribution < -0.4 is 0 Å². The summed E-state index contributed by atoms with van der Waals surface area (Å²) in [5, 5.41) is 8.74. The lowest BCUT2D eigenvalue weighted by Crippen LogP contribution is -2.11. The Bertz CT molecular complexity index is 951. The van der Waals surface area contributed by atoms with E-state index in [2.05, 4.69) is 31.0 Å². The summed E-state index contributed by atoms with van der Waals surface area (Å²) in [4.78, 5) is 16.3. The second-order valence-electron chi connectivity index (χ2n) is 6.70. The van der Waals surface area contributed by atoms with Gasteiger partial charge in [-0.25, -0.2) is 9.78 Å². The van der Waals surface area contributed by atoms with Crippen LogP contribution in [0.5, 0.6) is 0 Å². The first-order valence-corrected chi connectivity index (χ1v) is 7.98. The fourth-order valence-corrected chi connectivity index (χ4v) is 2.50. The SMILES string of the molecule is COC(=O)c1cccc(N=Nc2c(C(C)(C)C)nc3ccccn23)c1. The topological polar surface area (TPSA) is 68.3 Å². The number of hydrogen-bond acceptors (Lipinski definition) is 5. The molecule has 0 atom stereocenters. The lowest BCUT2D eigenvalue weighted by atomic mass is 9.92. The van der Waals surface area contributed by atoms with E-state index in [0.717, 1.165) is 11.3 Å². The predicted octanol–water partition coefficient (Wildman–Crippen LogP) is 4.83. The molecule has 3 rings (SSSR count). The zero-order valence-corrected chi connectivity index (χ0v) is 14.7. The van der Waals surface area contributed by atoms with Crippen LogP contribution >= 0.6 is 0 Å². The molecule has 0 bridgehead atoms. The first-order chi connectivity index (χ1) is 11.9. The fraction of sp³-hybridized carbons (Fsp3) is 0.263. The number of esters is 1. The van der Waals surface area contributed by atoms with Crippen LogP contribution in [0.2, 0.25) is 0 Å². The van der Waals surface area contributed by atoms with Gasteiger partial charge in [0.25, 0.3) is 0 Å². The highest BCUT2D eigenvalue weighted by Gasteiger charge is 2.24. The highest BCUT2D eigenvalue weighted by Crippen LogP contribution is 2.33. The molecule has 0 saturated heterocycles. The van der Waals surface area contributed by atoms with Crippen molar-refractivity contribution in [1.82, 2.24) is 9.38 Å². The number of imidazole rings is 1. The van der Waals surface area contributed by atoms with E-state index < -0.39 is 5.97 Å². The van der Waals surface area contributed by atoms with Gasteiger partial charge >= 0.3 is 5.97 Å². The van der Waals surface area contributed by atoms with Crippen molar-refractivity contribution in [2.24, 2.45) is 10.2 Å². The number of benzene rings is 1. The molecule has 0 amide bonds. The quantitative estimate of drug-likeness (QED) is 0.508. The van der Waals surface area contributed by atoms with Gasteiger partial charge in [0.1, 0.15) is 5.65 Å². The van der Waals surface area contributed by atoms with Crippen LogP contribution in [-0.2, 0) is 10.2 Å². The van der Waals surface area contributed by atoms with E-state index in [1.807, 2.05) is 28.8 Å². The smallest absolute Gasteiger partial charge is 0.337 e. The molecule has 0 spiro atoms. The summed E-state index contributed by atoms with van der Waals surface area (Å²) in [6, 6.07) is 12.7. The molecule has 25 heavy (non-hydrogen) atoms. The monoisotopic (exact) mass is 336 g/mol. The number of aromatic nitrogens is 2. The van der Waals surface area contributed by atoms with E-state index in [4.69, 9.17) is 9.72 Å². The van der Waals surface area contributed by atoms with Crippen molar-refractivity contribution < 1.29 is 9.53 Å². The third-order valence-corrected chi connectivity index (χ3v) is 3.74. The number of azo groups is 1. The minimum Gasteiger partial charge on any atom is -0.465 e. The van der Waals surface area contributed by atoms with Crippen molar-refractivity contribution in [2.75, 3.05) is 7.11 Å². The Morgan fingerprint density at radius 2 is 1.92 bits per heavy atom. The van der Waals surface area contributed by atoms with Crippen molar-refractivity contribution in [3.05, 3.63) is 59.9 Å². The first kappa shape index (κ1) is 16.8. The van der Waals surface area contributed by atoms with Gasteiger partial charge in [0, 0.05) is 11.6 Å². The molecule has 0 saturated carbocycles. The number of nitrogens with zero attached hydrogens (tertiary/aromatic N) is 4. The summed E-state index contributed by atoms with van der Waals surface area (Å²) < 4.78 is 6.65. The Balaban J connectivity index is 2.06. The predicted molar refractivity (Wildman–Crippen MR) is 95.8 cm³/mol. The molecule has 2 aromatic heterocycles. The van der Waals surface area contributed by atoms with Gasteiger partial charge in [-0.1, -0.05) is 32.9 Å². The van der Waals surface area contributed by atoms with Gasteiger partial charge in [0.15, 0.2) is 5.82 Å². The average molecular weight is 336 g/mol. The van der Waals surface area contributed by atoms with Crippen LogP contribution in [0.15, 0.2) is 58.9 Å². The standard InChI is InChI=1S/C19H20N4O2/c1-19(2,3)16-17(23-11-6-5-10-15(23)20-16)22-21-14-9-7-8-13(12-14)18(24)25-4/h5-12H,1-4H3. The zero-order valence-electron chi connectivity index (χ0n) is 14.7.